The van der Waals surface area contributed by atoms with Crippen LogP contribution in [0, 0.1) is 0 Å². The first kappa shape index (κ1) is 23.7. The Morgan fingerprint density at radius 3 is 2.29 bits per heavy atom. The number of alkyl carbamates (subject to hydrolysis) is 1. The van der Waals surface area contributed by atoms with E-state index in [1.165, 1.54) is 21.0 Å². The molecule has 0 aromatic carbocycles. The average molecular weight is 401 g/mol. The molecule has 0 saturated carbocycles. The van der Waals surface area contributed by atoms with Crippen molar-refractivity contribution < 1.29 is 33.4 Å². The quantitative estimate of drug-likeness (QED) is 0.543. The number of carbonyl (C=O) groups excluding carboxylic acids is 4. The van der Waals surface area contributed by atoms with Gasteiger partial charge in [0.05, 0.1) is 13.2 Å². The van der Waals surface area contributed by atoms with Crippen LogP contribution in [0.15, 0.2) is 0 Å². The number of ether oxygens (including phenoxy) is 3. The standard InChI is InChI=1S/C18H31N3O7/c1-10(20-17(25)28-18(3,4)5)14(22)21-12-8-7-9-27-13(12)15(23)19-11(2)16(24)26-6/h10-13H,7-9H2,1-6H3,(H,19,23)(H,20,25)(H,21,22)/t10-,11-,12+,13+/m1/s1. The molecule has 1 fully saturated rings. The highest BCUT2D eigenvalue weighted by Gasteiger charge is 2.35. The molecule has 4 atom stereocenters. The lowest BCUT2D eigenvalue weighted by atomic mass is 10.0. The van der Waals surface area contributed by atoms with Gasteiger partial charge in [0, 0.05) is 6.61 Å². The summed E-state index contributed by atoms with van der Waals surface area (Å²) in [5.41, 5.74) is -0.684. The Morgan fingerprint density at radius 2 is 1.71 bits per heavy atom. The molecule has 0 spiro atoms. The Balaban J connectivity index is 2.65. The summed E-state index contributed by atoms with van der Waals surface area (Å²) in [6, 6.07) is -2.30. The van der Waals surface area contributed by atoms with Crippen molar-refractivity contribution in [1.82, 2.24) is 16.0 Å². The van der Waals surface area contributed by atoms with Crippen LogP contribution < -0.4 is 16.0 Å². The second kappa shape index (κ2) is 10.3. The van der Waals surface area contributed by atoms with Crippen molar-refractivity contribution in [3.8, 4) is 0 Å². The number of rotatable bonds is 6. The van der Waals surface area contributed by atoms with Crippen LogP contribution in [0.1, 0.15) is 47.5 Å². The molecular weight excluding hydrogens is 370 g/mol. The molecule has 0 bridgehead atoms. The highest BCUT2D eigenvalue weighted by molar-refractivity contribution is 5.89. The maximum absolute atomic E-state index is 12.4. The molecule has 28 heavy (non-hydrogen) atoms. The zero-order valence-electron chi connectivity index (χ0n) is 17.3. The topological polar surface area (TPSA) is 132 Å². The fraction of sp³-hybridized carbons (Fsp3) is 0.778. The Hall–Kier alpha value is -2.36. The zero-order chi connectivity index (χ0) is 21.5. The van der Waals surface area contributed by atoms with Gasteiger partial charge >= 0.3 is 12.1 Å². The van der Waals surface area contributed by atoms with Crippen molar-refractivity contribution in [2.24, 2.45) is 0 Å². The fourth-order valence-corrected chi connectivity index (χ4v) is 2.58. The fourth-order valence-electron chi connectivity index (χ4n) is 2.58. The van der Waals surface area contributed by atoms with Crippen LogP contribution in [0.2, 0.25) is 0 Å². The second-order valence-electron chi connectivity index (χ2n) is 7.67. The third-order valence-corrected chi connectivity index (χ3v) is 3.95. The van der Waals surface area contributed by atoms with Gasteiger partial charge in [-0.05, 0) is 47.5 Å². The monoisotopic (exact) mass is 401 g/mol. The van der Waals surface area contributed by atoms with Gasteiger partial charge in [-0.2, -0.15) is 0 Å². The van der Waals surface area contributed by atoms with E-state index in [0.717, 1.165) is 0 Å². The Labute approximate surface area is 165 Å². The molecule has 0 radical (unpaired) electrons. The van der Waals surface area contributed by atoms with Crippen molar-refractivity contribution in [3.05, 3.63) is 0 Å². The Morgan fingerprint density at radius 1 is 1.07 bits per heavy atom. The maximum Gasteiger partial charge on any atom is 0.408 e. The van der Waals surface area contributed by atoms with E-state index in [1.54, 1.807) is 20.8 Å². The van der Waals surface area contributed by atoms with Crippen molar-refractivity contribution in [2.75, 3.05) is 13.7 Å². The lowest BCUT2D eigenvalue weighted by molar-refractivity contribution is -0.148. The molecule has 1 rings (SSSR count). The molecule has 1 heterocycles. The second-order valence-corrected chi connectivity index (χ2v) is 7.67. The SMILES string of the molecule is COC(=O)[C@@H](C)NC(=O)[C@H]1OCCC[C@@H]1NC(=O)[C@@H](C)NC(=O)OC(C)(C)C. The van der Waals surface area contributed by atoms with Crippen LogP contribution in [0.4, 0.5) is 4.79 Å². The largest absolute Gasteiger partial charge is 0.467 e. The third kappa shape index (κ3) is 7.71. The van der Waals surface area contributed by atoms with Gasteiger partial charge < -0.3 is 30.2 Å². The summed E-state index contributed by atoms with van der Waals surface area (Å²) in [4.78, 5) is 48.1. The van der Waals surface area contributed by atoms with Gasteiger partial charge in [0.1, 0.15) is 17.7 Å². The number of amides is 3. The number of esters is 1. The van der Waals surface area contributed by atoms with Gasteiger partial charge in [-0.1, -0.05) is 0 Å². The van der Waals surface area contributed by atoms with E-state index in [-0.39, 0.29) is 0 Å². The molecule has 0 aliphatic carbocycles. The molecule has 0 unspecified atom stereocenters. The predicted molar refractivity (Wildman–Crippen MR) is 99.4 cm³/mol. The molecule has 1 aliphatic heterocycles. The molecule has 0 aromatic rings. The minimum Gasteiger partial charge on any atom is -0.467 e. The summed E-state index contributed by atoms with van der Waals surface area (Å²) in [7, 11) is 1.23. The number of carbonyl (C=O) groups is 4. The Kier molecular flexibility index (Phi) is 8.67. The first-order valence-corrected chi connectivity index (χ1v) is 9.24. The minimum atomic E-state index is -0.946. The zero-order valence-corrected chi connectivity index (χ0v) is 17.3. The van der Waals surface area contributed by atoms with E-state index in [4.69, 9.17) is 9.47 Å². The molecule has 10 heteroatoms. The van der Waals surface area contributed by atoms with Crippen molar-refractivity contribution in [1.29, 1.82) is 0 Å². The molecule has 1 saturated heterocycles. The van der Waals surface area contributed by atoms with Gasteiger partial charge in [-0.15, -0.1) is 0 Å². The molecule has 1 aliphatic rings. The van der Waals surface area contributed by atoms with Crippen LogP contribution >= 0.6 is 0 Å². The smallest absolute Gasteiger partial charge is 0.408 e. The summed E-state index contributed by atoms with van der Waals surface area (Å²) in [6.45, 7) is 8.52. The van der Waals surface area contributed by atoms with Crippen LogP contribution in [0.25, 0.3) is 0 Å². The molecule has 10 nitrogen and oxygen atoms in total. The summed E-state index contributed by atoms with van der Waals surface area (Å²) in [5, 5.41) is 7.68. The number of hydrogen-bond acceptors (Lipinski definition) is 7. The Bertz CT molecular complexity index is 588. The lowest BCUT2D eigenvalue weighted by Crippen LogP contribution is -2.58. The van der Waals surface area contributed by atoms with Crippen molar-refractivity contribution in [2.45, 2.75) is 77.3 Å². The summed E-state index contributed by atoms with van der Waals surface area (Å²) in [5.74, 6) is -1.57. The predicted octanol–water partition coefficient (Wildman–Crippen LogP) is 0.241. The first-order chi connectivity index (χ1) is 12.9. The molecular formula is C18H31N3O7. The van der Waals surface area contributed by atoms with Gasteiger partial charge in [0.25, 0.3) is 5.91 Å². The van der Waals surface area contributed by atoms with E-state index >= 15 is 0 Å². The minimum absolute atomic E-state index is 0.364. The van der Waals surface area contributed by atoms with Crippen LogP contribution in [0.5, 0.6) is 0 Å². The van der Waals surface area contributed by atoms with Gasteiger partial charge in [0.15, 0.2) is 6.10 Å². The van der Waals surface area contributed by atoms with Crippen molar-refractivity contribution >= 4 is 23.9 Å². The lowest BCUT2D eigenvalue weighted by Gasteiger charge is -2.32. The highest BCUT2D eigenvalue weighted by Crippen LogP contribution is 2.15. The van der Waals surface area contributed by atoms with Crippen LogP contribution in [-0.4, -0.2) is 67.4 Å². The first-order valence-electron chi connectivity index (χ1n) is 9.24. The molecule has 3 N–H and O–H groups in total. The van der Waals surface area contributed by atoms with E-state index in [2.05, 4.69) is 20.7 Å². The molecule has 3 amide bonds. The maximum atomic E-state index is 12.4. The number of nitrogens with one attached hydrogen (secondary N) is 3. The van der Waals surface area contributed by atoms with E-state index < -0.39 is 53.7 Å². The van der Waals surface area contributed by atoms with E-state index in [0.29, 0.717) is 19.4 Å². The average Bonchev–Trinajstić information content (AvgIpc) is 2.59. The highest BCUT2D eigenvalue weighted by atomic mass is 16.6. The van der Waals surface area contributed by atoms with Crippen LogP contribution in [-0.2, 0) is 28.6 Å². The van der Waals surface area contributed by atoms with E-state index in [1.807, 2.05) is 0 Å². The third-order valence-electron chi connectivity index (χ3n) is 3.95. The van der Waals surface area contributed by atoms with Crippen LogP contribution in [0.3, 0.4) is 0 Å². The molecule has 160 valence electrons. The van der Waals surface area contributed by atoms with Gasteiger partial charge in [-0.25, -0.2) is 9.59 Å². The normalized spacial score (nSPS) is 21.6. The summed E-state index contributed by atoms with van der Waals surface area (Å²) >= 11 is 0. The van der Waals surface area contributed by atoms with E-state index in [9.17, 15) is 19.2 Å². The van der Waals surface area contributed by atoms with Crippen molar-refractivity contribution in [3.63, 3.8) is 0 Å². The summed E-state index contributed by atoms with van der Waals surface area (Å²) in [6.07, 6.45) is -0.472. The van der Waals surface area contributed by atoms with Gasteiger partial charge in [-0.3, -0.25) is 9.59 Å². The van der Waals surface area contributed by atoms with Gasteiger partial charge in [0.2, 0.25) is 5.91 Å². The summed E-state index contributed by atoms with van der Waals surface area (Å²) < 4.78 is 15.2. The number of methoxy groups -OCH3 is 1. The number of hydrogen-bond donors (Lipinski definition) is 3. The molecule has 0 aromatic heterocycles.